The first kappa shape index (κ1) is 28.2. The molecule has 0 aliphatic carbocycles. The Morgan fingerprint density at radius 2 is 1.15 bits per heavy atom. The van der Waals surface area contributed by atoms with Crippen molar-refractivity contribution in [2.75, 3.05) is 19.0 Å². The second-order valence-corrected chi connectivity index (χ2v) is 10.4. The molecule has 0 bridgehead atoms. The number of ether oxygens (including phenoxy) is 2. The average molecular weight is 491 g/mol. The van der Waals surface area contributed by atoms with E-state index in [-0.39, 0.29) is 5.75 Å². The molecular weight excluding hydrogens is 448 g/mol. The van der Waals surface area contributed by atoms with Gasteiger partial charge in [0.25, 0.3) is 10.1 Å². The first-order valence-electron chi connectivity index (χ1n) is 12.9. The van der Waals surface area contributed by atoms with Gasteiger partial charge in [0.2, 0.25) is 0 Å². The highest BCUT2D eigenvalue weighted by molar-refractivity contribution is 7.85. The smallest absolute Gasteiger partial charge is 0.264 e. The zero-order valence-electron chi connectivity index (χ0n) is 20.7. The van der Waals surface area contributed by atoms with Gasteiger partial charge in [0.15, 0.2) is 0 Å². The molecule has 0 amide bonds. The van der Waals surface area contributed by atoms with Crippen LogP contribution in [0, 0.1) is 0 Å². The summed E-state index contributed by atoms with van der Waals surface area (Å²) in [4.78, 5) is 0. The zero-order valence-corrected chi connectivity index (χ0v) is 21.5. The Morgan fingerprint density at radius 3 is 1.68 bits per heavy atom. The minimum atomic E-state index is -3.83. The van der Waals surface area contributed by atoms with Gasteiger partial charge in [-0.3, -0.25) is 4.55 Å². The molecule has 6 heteroatoms. The van der Waals surface area contributed by atoms with Crippen molar-refractivity contribution in [3.8, 4) is 22.6 Å². The molecule has 1 N–H and O–H groups in total. The van der Waals surface area contributed by atoms with Crippen LogP contribution in [0.4, 0.5) is 0 Å². The highest BCUT2D eigenvalue weighted by atomic mass is 32.2. The Kier molecular flexibility index (Phi) is 13.7. The van der Waals surface area contributed by atoms with Crippen LogP contribution in [0.3, 0.4) is 0 Å². The summed E-state index contributed by atoms with van der Waals surface area (Å²) < 4.78 is 42.7. The van der Waals surface area contributed by atoms with Crippen molar-refractivity contribution in [1.82, 2.24) is 0 Å². The molecule has 0 atom stereocenters. The van der Waals surface area contributed by atoms with Crippen LogP contribution < -0.4 is 9.47 Å². The number of unbranched alkanes of at least 4 members (excludes halogenated alkanes) is 10. The van der Waals surface area contributed by atoms with Crippen LogP contribution in [0.25, 0.3) is 11.1 Å². The minimum Gasteiger partial charge on any atom is -0.493 e. The van der Waals surface area contributed by atoms with Crippen molar-refractivity contribution in [2.24, 2.45) is 0 Å². The molecule has 0 aliphatic rings. The lowest BCUT2D eigenvalue weighted by Crippen LogP contribution is -2.03. The Labute approximate surface area is 206 Å². The quantitative estimate of drug-likeness (QED) is 0.161. The summed E-state index contributed by atoms with van der Waals surface area (Å²) in [6.07, 6.45) is 12.7. The lowest BCUT2D eigenvalue weighted by Gasteiger charge is -2.17. The predicted octanol–water partition coefficient (Wildman–Crippen LogP) is 7.70. The summed E-state index contributed by atoms with van der Waals surface area (Å²) in [5.41, 5.74) is 2.11. The van der Waals surface area contributed by atoms with Crippen LogP contribution in [-0.2, 0) is 10.1 Å². The number of hydrogen-bond acceptors (Lipinski definition) is 4. The van der Waals surface area contributed by atoms with Crippen molar-refractivity contribution in [3.63, 3.8) is 0 Å². The van der Waals surface area contributed by atoms with E-state index in [2.05, 4.69) is 19.1 Å². The zero-order chi connectivity index (χ0) is 24.5. The standard InChI is InChI=1S/C28H42O5S/c1-2-3-4-5-8-14-22-32-26-20-17-21-27(28(26)25-18-12-11-13-19-25)33-23-15-9-6-7-10-16-24-34(29,30)31/h11-13,17-21H,2-10,14-16,22-24H2,1H3,(H,29,30,31). The van der Waals surface area contributed by atoms with Crippen molar-refractivity contribution in [2.45, 2.75) is 84.0 Å². The van der Waals surface area contributed by atoms with Crippen LogP contribution in [0.1, 0.15) is 84.0 Å². The van der Waals surface area contributed by atoms with Gasteiger partial charge in [0.05, 0.1) is 24.5 Å². The van der Waals surface area contributed by atoms with E-state index in [1.807, 2.05) is 36.4 Å². The van der Waals surface area contributed by atoms with E-state index in [1.54, 1.807) is 0 Å². The van der Waals surface area contributed by atoms with Crippen molar-refractivity contribution >= 4 is 10.1 Å². The summed E-state index contributed by atoms with van der Waals surface area (Å²) >= 11 is 0. The van der Waals surface area contributed by atoms with E-state index in [0.717, 1.165) is 61.2 Å². The molecular formula is C28H42O5S. The number of hydrogen-bond donors (Lipinski definition) is 1. The Balaban J connectivity index is 1.83. The monoisotopic (exact) mass is 490 g/mol. The molecule has 0 spiro atoms. The fourth-order valence-electron chi connectivity index (χ4n) is 3.98. The van der Waals surface area contributed by atoms with Crippen molar-refractivity contribution in [1.29, 1.82) is 0 Å². The van der Waals surface area contributed by atoms with Gasteiger partial charge in [-0.05, 0) is 37.0 Å². The molecule has 0 aliphatic heterocycles. The molecule has 0 saturated heterocycles. The van der Waals surface area contributed by atoms with Crippen LogP contribution in [0.2, 0.25) is 0 Å². The highest BCUT2D eigenvalue weighted by Gasteiger charge is 2.13. The highest BCUT2D eigenvalue weighted by Crippen LogP contribution is 2.38. The maximum atomic E-state index is 10.7. The van der Waals surface area contributed by atoms with Crippen molar-refractivity contribution in [3.05, 3.63) is 48.5 Å². The van der Waals surface area contributed by atoms with Gasteiger partial charge in [-0.25, -0.2) is 0 Å². The first-order chi connectivity index (χ1) is 16.5. The molecule has 0 radical (unpaired) electrons. The topological polar surface area (TPSA) is 72.8 Å². The molecule has 0 heterocycles. The van der Waals surface area contributed by atoms with Gasteiger partial charge < -0.3 is 9.47 Å². The Morgan fingerprint density at radius 1 is 0.647 bits per heavy atom. The van der Waals surface area contributed by atoms with Gasteiger partial charge in [0.1, 0.15) is 11.5 Å². The summed E-state index contributed by atoms with van der Waals surface area (Å²) in [6.45, 7) is 3.58. The molecule has 0 saturated carbocycles. The van der Waals surface area contributed by atoms with E-state index < -0.39 is 10.1 Å². The third-order valence-electron chi connectivity index (χ3n) is 5.86. The van der Waals surface area contributed by atoms with E-state index >= 15 is 0 Å². The lowest BCUT2D eigenvalue weighted by atomic mass is 10.0. The number of benzene rings is 2. The van der Waals surface area contributed by atoms with Crippen LogP contribution in [0.15, 0.2) is 48.5 Å². The second kappa shape index (κ2) is 16.6. The predicted molar refractivity (Wildman–Crippen MR) is 140 cm³/mol. The van der Waals surface area contributed by atoms with Crippen LogP contribution in [-0.4, -0.2) is 31.9 Å². The molecule has 190 valence electrons. The fourth-order valence-corrected chi connectivity index (χ4v) is 4.55. The van der Waals surface area contributed by atoms with Crippen LogP contribution in [0.5, 0.6) is 11.5 Å². The second-order valence-electron chi connectivity index (χ2n) is 8.87. The molecule has 2 rings (SSSR count). The van der Waals surface area contributed by atoms with Crippen LogP contribution >= 0.6 is 0 Å². The first-order valence-corrected chi connectivity index (χ1v) is 14.5. The molecule has 0 fully saturated rings. The van der Waals surface area contributed by atoms with Gasteiger partial charge in [-0.1, -0.05) is 101 Å². The average Bonchev–Trinajstić information content (AvgIpc) is 2.82. The van der Waals surface area contributed by atoms with Gasteiger partial charge >= 0.3 is 0 Å². The maximum absolute atomic E-state index is 10.7. The fraction of sp³-hybridized carbons (Fsp3) is 0.571. The molecule has 5 nitrogen and oxygen atoms in total. The van der Waals surface area contributed by atoms with Gasteiger partial charge in [-0.15, -0.1) is 0 Å². The minimum absolute atomic E-state index is 0.143. The summed E-state index contributed by atoms with van der Waals surface area (Å²) in [6, 6.07) is 16.3. The Hall–Kier alpha value is -2.05. The third-order valence-corrected chi connectivity index (χ3v) is 6.66. The van der Waals surface area contributed by atoms with Gasteiger partial charge in [-0.2, -0.15) is 8.42 Å². The summed E-state index contributed by atoms with van der Waals surface area (Å²) in [7, 11) is -3.83. The SMILES string of the molecule is CCCCCCCCOc1cccc(OCCCCCCCCS(=O)(=O)O)c1-c1ccccc1. The maximum Gasteiger partial charge on any atom is 0.264 e. The number of rotatable bonds is 19. The van der Waals surface area contributed by atoms with Crippen molar-refractivity contribution < 1.29 is 22.4 Å². The normalized spacial score (nSPS) is 11.5. The summed E-state index contributed by atoms with van der Waals surface area (Å²) in [5, 5.41) is 0. The lowest BCUT2D eigenvalue weighted by molar-refractivity contribution is 0.292. The van der Waals surface area contributed by atoms with Gasteiger partial charge in [0, 0.05) is 0 Å². The Bertz CT molecular complexity index is 896. The third kappa shape index (κ3) is 11.9. The molecule has 2 aromatic rings. The molecule has 2 aromatic carbocycles. The summed E-state index contributed by atoms with van der Waals surface area (Å²) in [5.74, 6) is 1.58. The molecule has 0 unspecified atom stereocenters. The van der Waals surface area contributed by atoms with E-state index in [0.29, 0.717) is 19.6 Å². The van der Waals surface area contributed by atoms with E-state index in [1.165, 1.54) is 32.1 Å². The molecule has 34 heavy (non-hydrogen) atoms. The largest absolute Gasteiger partial charge is 0.493 e. The molecule has 0 aromatic heterocycles. The van der Waals surface area contributed by atoms with E-state index in [9.17, 15) is 8.42 Å². The van der Waals surface area contributed by atoms with E-state index in [4.69, 9.17) is 14.0 Å².